The second kappa shape index (κ2) is 37.3. The summed E-state index contributed by atoms with van der Waals surface area (Å²) in [5.41, 5.74) is 0. The standard InChI is InChI=1S/C36H75O3P/c37-31-25-19-13-7-1-4-10-16-22-28-34-40(35-29-23-17-11-5-2-8-14-20-26-32-38)36-30-24-18-12-6-3-9-15-21-27-33-39/h37-39H,1-36H2. The van der Waals surface area contributed by atoms with Crippen molar-refractivity contribution in [3.8, 4) is 0 Å². The minimum atomic E-state index is 0.269. The lowest BCUT2D eigenvalue weighted by Gasteiger charge is -2.18. The van der Waals surface area contributed by atoms with Crippen molar-refractivity contribution in [2.24, 2.45) is 0 Å². The first-order valence-corrected chi connectivity index (χ1v) is 20.3. The van der Waals surface area contributed by atoms with E-state index in [1.165, 1.54) is 192 Å². The fourth-order valence-electron chi connectivity index (χ4n) is 5.92. The van der Waals surface area contributed by atoms with E-state index in [1.54, 1.807) is 0 Å². The van der Waals surface area contributed by atoms with Crippen LogP contribution < -0.4 is 0 Å². The molecule has 3 nitrogen and oxygen atoms in total. The van der Waals surface area contributed by atoms with Crippen LogP contribution in [0.15, 0.2) is 0 Å². The summed E-state index contributed by atoms with van der Waals surface area (Å²) < 4.78 is 0. The Kier molecular flexibility index (Phi) is 37.6. The van der Waals surface area contributed by atoms with Crippen LogP contribution in [0, 0.1) is 0 Å². The van der Waals surface area contributed by atoms with Gasteiger partial charge in [0.05, 0.1) is 0 Å². The molecule has 0 atom stereocenters. The van der Waals surface area contributed by atoms with Gasteiger partial charge in [0.2, 0.25) is 0 Å². The molecule has 0 aromatic heterocycles. The predicted octanol–water partition coefficient (Wildman–Crippen LogP) is 11.1. The molecular formula is C36H75O3P. The Bertz CT molecular complexity index is 372. The summed E-state index contributed by atoms with van der Waals surface area (Å²) in [6.45, 7) is 1.09. The van der Waals surface area contributed by atoms with Crippen molar-refractivity contribution in [2.45, 2.75) is 193 Å². The van der Waals surface area contributed by atoms with E-state index in [0.717, 1.165) is 19.3 Å². The molecule has 0 saturated carbocycles. The van der Waals surface area contributed by atoms with Crippen LogP contribution >= 0.6 is 7.92 Å². The third kappa shape index (κ3) is 34.5. The van der Waals surface area contributed by atoms with Gasteiger partial charge in [-0.25, -0.2) is 0 Å². The van der Waals surface area contributed by atoms with Crippen LogP contribution in [0.2, 0.25) is 0 Å². The second-order valence-electron chi connectivity index (χ2n) is 12.6. The highest BCUT2D eigenvalue weighted by Crippen LogP contribution is 2.39. The van der Waals surface area contributed by atoms with Gasteiger partial charge in [0, 0.05) is 19.8 Å². The maximum atomic E-state index is 8.88. The Labute approximate surface area is 253 Å². The lowest BCUT2D eigenvalue weighted by atomic mass is 10.1. The molecule has 0 radical (unpaired) electrons. The van der Waals surface area contributed by atoms with E-state index in [9.17, 15) is 0 Å². The Balaban J connectivity index is 3.89. The number of aliphatic hydroxyl groups excluding tert-OH is 3. The van der Waals surface area contributed by atoms with Gasteiger partial charge >= 0.3 is 0 Å². The fraction of sp³-hybridized carbons (Fsp3) is 1.00. The largest absolute Gasteiger partial charge is 0.396 e. The highest BCUT2D eigenvalue weighted by Gasteiger charge is 2.08. The van der Waals surface area contributed by atoms with E-state index in [-0.39, 0.29) is 7.92 Å². The number of rotatable bonds is 36. The summed E-state index contributed by atoms with van der Waals surface area (Å²) in [5.74, 6) is 0. The highest BCUT2D eigenvalue weighted by atomic mass is 31.1. The lowest BCUT2D eigenvalue weighted by Crippen LogP contribution is -1.97. The van der Waals surface area contributed by atoms with Crippen molar-refractivity contribution >= 4 is 7.92 Å². The number of aliphatic hydroxyl groups is 3. The number of hydrogen-bond donors (Lipinski definition) is 3. The van der Waals surface area contributed by atoms with Gasteiger partial charge in [-0.2, -0.15) is 0 Å². The summed E-state index contributed by atoms with van der Waals surface area (Å²) >= 11 is 0. The zero-order chi connectivity index (χ0) is 29.0. The highest BCUT2D eigenvalue weighted by molar-refractivity contribution is 7.57. The molecule has 0 heterocycles. The zero-order valence-corrected chi connectivity index (χ0v) is 28.1. The molecule has 0 aromatic rings. The lowest BCUT2D eigenvalue weighted by molar-refractivity contribution is 0.282. The van der Waals surface area contributed by atoms with Crippen LogP contribution in [0.25, 0.3) is 0 Å². The second-order valence-corrected chi connectivity index (χ2v) is 15.3. The molecule has 0 rings (SSSR count). The topological polar surface area (TPSA) is 60.7 Å². The summed E-state index contributed by atoms with van der Waals surface area (Å²) in [5, 5.41) is 26.6. The zero-order valence-electron chi connectivity index (χ0n) is 27.2. The quantitative estimate of drug-likeness (QED) is 0.0505. The first-order chi connectivity index (χ1) is 19.8. The molecule has 0 aliphatic rings. The molecule has 242 valence electrons. The first kappa shape index (κ1) is 40.3. The summed E-state index contributed by atoms with van der Waals surface area (Å²) in [4.78, 5) is 0. The molecule has 0 aliphatic heterocycles. The Hall–Kier alpha value is 0.310. The van der Waals surface area contributed by atoms with Crippen LogP contribution in [-0.2, 0) is 0 Å². The molecule has 0 bridgehead atoms. The van der Waals surface area contributed by atoms with Gasteiger partial charge in [-0.05, 0) is 57.0 Å². The molecule has 3 N–H and O–H groups in total. The van der Waals surface area contributed by atoms with Crippen molar-refractivity contribution in [1.82, 2.24) is 0 Å². The maximum Gasteiger partial charge on any atom is 0.0431 e. The van der Waals surface area contributed by atoms with Gasteiger partial charge in [-0.15, -0.1) is 7.92 Å². The van der Waals surface area contributed by atoms with E-state index in [0.29, 0.717) is 19.8 Å². The van der Waals surface area contributed by atoms with Crippen LogP contribution in [0.3, 0.4) is 0 Å². The van der Waals surface area contributed by atoms with Crippen molar-refractivity contribution in [3.63, 3.8) is 0 Å². The molecule has 0 saturated heterocycles. The Morgan fingerprint density at radius 3 is 0.525 bits per heavy atom. The minimum absolute atomic E-state index is 0.269. The van der Waals surface area contributed by atoms with Crippen LogP contribution in [0.1, 0.15) is 193 Å². The minimum Gasteiger partial charge on any atom is -0.396 e. The average molecular weight is 587 g/mol. The van der Waals surface area contributed by atoms with Gasteiger partial charge < -0.3 is 15.3 Å². The van der Waals surface area contributed by atoms with Crippen LogP contribution in [0.5, 0.6) is 0 Å². The molecule has 0 aromatic carbocycles. The predicted molar refractivity (Wildman–Crippen MR) is 181 cm³/mol. The van der Waals surface area contributed by atoms with Gasteiger partial charge in [-0.3, -0.25) is 0 Å². The van der Waals surface area contributed by atoms with Crippen LogP contribution in [-0.4, -0.2) is 53.6 Å². The van der Waals surface area contributed by atoms with E-state index in [4.69, 9.17) is 15.3 Å². The molecule has 0 unspecified atom stereocenters. The van der Waals surface area contributed by atoms with Gasteiger partial charge in [0.1, 0.15) is 0 Å². The summed E-state index contributed by atoms with van der Waals surface area (Å²) in [6, 6.07) is 0. The third-order valence-electron chi connectivity index (χ3n) is 8.65. The molecule has 0 amide bonds. The normalized spacial score (nSPS) is 11.7. The molecule has 40 heavy (non-hydrogen) atoms. The van der Waals surface area contributed by atoms with Gasteiger partial charge in [0.15, 0.2) is 0 Å². The Morgan fingerprint density at radius 2 is 0.350 bits per heavy atom. The molecular weight excluding hydrogens is 511 g/mol. The monoisotopic (exact) mass is 587 g/mol. The summed E-state index contributed by atoms with van der Waals surface area (Å²) in [6.07, 6.45) is 45.1. The van der Waals surface area contributed by atoms with Crippen molar-refractivity contribution in [1.29, 1.82) is 0 Å². The van der Waals surface area contributed by atoms with E-state index >= 15 is 0 Å². The third-order valence-corrected chi connectivity index (χ3v) is 11.5. The SMILES string of the molecule is OCCCCCCCCCCCCP(CCCCCCCCCCCCO)CCCCCCCCCCCCO. The van der Waals surface area contributed by atoms with E-state index in [2.05, 4.69) is 0 Å². The van der Waals surface area contributed by atoms with E-state index in [1.807, 2.05) is 0 Å². The number of hydrogen-bond acceptors (Lipinski definition) is 3. The molecule has 0 spiro atoms. The smallest absolute Gasteiger partial charge is 0.0431 e. The van der Waals surface area contributed by atoms with Crippen molar-refractivity contribution < 1.29 is 15.3 Å². The fourth-order valence-corrected chi connectivity index (χ4v) is 8.60. The van der Waals surface area contributed by atoms with Gasteiger partial charge in [-0.1, -0.05) is 154 Å². The first-order valence-electron chi connectivity index (χ1n) is 18.4. The summed E-state index contributed by atoms with van der Waals surface area (Å²) in [7, 11) is 0.269. The molecule has 0 aliphatic carbocycles. The number of unbranched alkanes of at least 4 members (excludes halogenated alkanes) is 27. The maximum absolute atomic E-state index is 8.88. The van der Waals surface area contributed by atoms with E-state index < -0.39 is 0 Å². The van der Waals surface area contributed by atoms with Crippen molar-refractivity contribution in [2.75, 3.05) is 38.3 Å². The average Bonchev–Trinajstić information content (AvgIpc) is 2.97. The Morgan fingerprint density at radius 1 is 0.200 bits per heavy atom. The van der Waals surface area contributed by atoms with Crippen molar-refractivity contribution in [3.05, 3.63) is 0 Å². The van der Waals surface area contributed by atoms with Crippen LogP contribution in [0.4, 0.5) is 0 Å². The molecule has 4 heteroatoms. The molecule has 0 fully saturated rings. The van der Waals surface area contributed by atoms with Gasteiger partial charge in [0.25, 0.3) is 0 Å².